The number of carbonyl (C=O) groups is 2. The predicted molar refractivity (Wildman–Crippen MR) is 77.3 cm³/mol. The standard InChI is InChI=1S/C16H15NO4/c18-15(19)9-8-14-7-4-10-17(14)11-16(20)21-12-13-5-2-1-3-6-13/h1-10H,11-12H2,(H,18,19)/b9-8+. The van der Waals surface area contributed by atoms with E-state index in [1.807, 2.05) is 30.3 Å². The highest BCUT2D eigenvalue weighted by molar-refractivity contribution is 5.85. The summed E-state index contributed by atoms with van der Waals surface area (Å²) in [6.45, 7) is 0.264. The van der Waals surface area contributed by atoms with Gasteiger partial charge >= 0.3 is 11.9 Å². The number of nitrogens with zero attached hydrogens (tertiary/aromatic N) is 1. The number of aromatic nitrogens is 1. The average Bonchev–Trinajstić information content (AvgIpc) is 2.91. The van der Waals surface area contributed by atoms with Crippen LogP contribution in [0.25, 0.3) is 6.08 Å². The number of carboxylic acid groups (broad SMARTS) is 1. The predicted octanol–water partition coefficient (Wildman–Crippen LogP) is 2.33. The number of ether oxygens (including phenoxy) is 1. The van der Waals surface area contributed by atoms with Gasteiger partial charge in [0.1, 0.15) is 13.2 Å². The van der Waals surface area contributed by atoms with Gasteiger partial charge in [0.15, 0.2) is 0 Å². The molecule has 2 rings (SSSR count). The van der Waals surface area contributed by atoms with E-state index < -0.39 is 5.97 Å². The Morgan fingerprint density at radius 3 is 2.62 bits per heavy atom. The Balaban J connectivity index is 1.91. The van der Waals surface area contributed by atoms with Gasteiger partial charge in [0.2, 0.25) is 0 Å². The third-order valence-electron chi connectivity index (χ3n) is 2.80. The lowest BCUT2D eigenvalue weighted by Crippen LogP contribution is -2.13. The molecule has 0 aliphatic carbocycles. The molecule has 21 heavy (non-hydrogen) atoms. The molecule has 0 saturated carbocycles. The first kappa shape index (κ1) is 14.6. The van der Waals surface area contributed by atoms with Gasteiger partial charge in [-0.05, 0) is 23.8 Å². The van der Waals surface area contributed by atoms with Crippen LogP contribution in [0.5, 0.6) is 0 Å². The topological polar surface area (TPSA) is 68.5 Å². The average molecular weight is 285 g/mol. The van der Waals surface area contributed by atoms with Crippen molar-refractivity contribution in [2.45, 2.75) is 13.2 Å². The molecule has 5 heteroatoms. The molecule has 1 N–H and O–H groups in total. The fourth-order valence-electron chi connectivity index (χ4n) is 1.80. The summed E-state index contributed by atoms with van der Waals surface area (Å²) in [5.74, 6) is -1.41. The quantitative estimate of drug-likeness (QED) is 0.653. The van der Waals surface area contributed by atoms with Gasteiger partial charge in [-0.3, -0.25) is 4.79 Å². The molecule has 1 heterocycles. The van der Waals surface area contributed by atoms with E-state index in [1.54, 1.807) is 22.9 Å². The van der Waals surface area contributed by atoms with Crippen molar-refractivity contribution in [1.82, 2.24) is 4.57 Å². The highest BCUT2D eigenvalue weighted by Crippen LogP contribution is 2.06. The van der Waals surface area contributed by atoms with Crippen LogP contribution >= 0.6 is 0 Å². The second-order valence-corrected chi connectivity index (χ2v) is 4.38. The van der Waals surface area contributed by atoms with Crippen LogP contribution in [0.2, 0.25) is 0 Å². The van der Waals surface area contributed by atoms with E-state index in [0.29, 0.717) is 5.69 Å². The van der Waals surface area contributed by atoms with Crippen LogP contribution in [-0.4, -0.2) is 21.6 Å². The second kappa shape index (κ2) is 7.09. The smallest absolute Gasteiger partial charge is 0.328 e. The van der Waals surface area contributed by atoms with Gasteiger partial charge in [0.05, 0.1) is 0 Å². The van der Waals surface area contributed by atoms with Crippen LogP contribution < -0.4 is 0 Å². The number of rotatable bonds is 6. The Bertz CT molecular complexity index is 643. The second-order valence-electron chi connectivity index (χ2n) is 4.38. The van der Waals surface area contributed by atoms with E-state index in [4.69, 9.17) is 9.84 Å². The minimum absolute atomic E-state index is 0.0408. The van der Waals surface area contributed by atoms with Crippen LogP contribution in [0.4, 0.5) is 0 Å². The SMILES string of the molecule is O=C(O)/C=C/c1cccn1CC(=O)OCc1ccccc1. The number of benzene rings is 1. The summed E-state index contributed by atoms with van der Waals surface area (Å²) in [5.41, 5.74) is 1.55. The number of carboxylic acids is 1. The first-order valence-corrected chi connectivity index (χ1v) is 6.41. The molecule has 0 atom stereocenters. The van der Waals surface area contributed by atoms with E-state index in [9.17, 15) is 9.59 Å². The molecular weight excluding hydrogens is 270 g/mol. The molecule has 0 aliphatic heterocycles. The van der Waals surface area contributed by atoms with Gasteiger partial charge in [-0.15, -0.1) is 0 Å². The Morgan fingerprint density at radius 1 is 1.14 bits per heavy atom. The maximum Gasteiger partial charge on any atom is 0.328 e. The maximum atomic E-state index is 11.8. The Labute approximate surface area is 122 Å². The summed E-state index contributed by atoms with van der Waals surface area (Å²) in [5, 5.41) is 8.61. The van der Waals surface area contributed by atoms with Crippen LogP contribution in [0.15, 0.2) is 54.7 Å². The Morgan fingerprint density at radius 2 is 1.90 bits per heavy atom. The van der Waals surface area contributed by atoms with Gasteiger partial charge in [-0.25, -0.2) is 4.79 Å². The third-order valence-corrected chi connectivity index (χ3v) is 2.80. The molecule has 0 bridgehead atoms. The summed E-state index contributed by atoms with van der Waals surface area (Å²) in [6.07, 6.45) is 4.17. The minimum Gasteiger partial charge on any atom is -0.478 e. The molecule has 5 nitrogen and oxygen atoms in total. The van der Waals surface area contributed by atoms with Gasteiger partial charge < -0.3 is 14.4 Å². The lowest BCUT2D eigenvalue weighted by molar-refractivity contribution is -0.145. The van der Waals surface area contributed by atoms with Crippen molar-refractivity contribution in [1.29, 1.82) is 0 Å². The molecule has 1 aromatic heterocycles. The monoisotopic (exact) mass is 285 g/mol. The lowest BCUT2D eigenvalue weighted by atomic mass is 10.2. The largest absolute Gasteiger partial charge is 0.478 e. The first-order chi connectivity index (χ1) is 10.1. The third kappa shape index (κ3) is 4.65. The molecule has 0 spiro atoms. The number of carbonyl (C=O) groups excluding carboxylic acids is 1. The molecule has 0 saturated heterocycles. The zero-order valence-electron chi connectivity index (χ0n) is 11.3. The van der Waals surface area contributed by atoms with Crippen molar-refractivity contribution < 1.29 is 19.4 Å². The van der Waals surface area contributed by atoms with Crippen LogP contribution in [0.3, 0.4) is 0 Å². The van der Waals surface area contributed by atoms with E-state index in [-0.39, 0.29) is 19.1 Å². The van der Waals surface area contributed by atoms with Gasteiger partial charge in [0.25, 0.3) is 0 Å². The van der Waals surface area contributed by atoms with Gasteiger partial charge in [-0.2, -0.15) is 0 Å². The normalized spacial score (nSPS) is 10.7. The summed E-state index contributed by atoms with van der Waals surface area (Å²) in [4.78, 5) is 22.3. The summed E-state index contributed by atoms with van der Waals surface area (Å²) >= 11 is 0. The van der Waals surface area contributed by atoms with Gasteiger partial charge in [0, 0.05) is 18.0 Å². The molecule has 0 fully saturated rings. The van der Waals surface area contributed by atoms with Crippen molar-refractivity contribution in [2.24, 2.45) is 0 Å². The van der Waals surface area contributed by atoms with Crippen LogP contribution in [-0.2, 0) is 27.5 Å². The molecular formula is C16H15NO4. The molecule has 2 aromatic rings. The van der Waals surface area contributed by atoms with E-state index >= 15 is 0 Å². The summed E-state index contributed by atoms with van der Waals surface area (Å²) in [7, 11) is 0. The Hall–Kier alpha value is -2.82. The molecule has 1 aromatic carbocycles. The highest BCUT2D eigenvalue weighted by atomic mass is 16.5. The number of esters is 1. The van der Waals surface area contributed by atoms with E-state index in [2.05, 4.69) is 0 Å². The van der Waals surface area contributed by atoms with Crippen molar-refractivity contribution in [3.8, 4) is 0 Å². The van der Waals surface area contributed by atoms with Crippen LogP contribution in [0.1, 0.15) is 11.3 Å². The van der Waals surface area contributed by atoms with Crippen molar-refractivity contribution in [3.63, 3.8) is 0 Å². The molecule has 0 amide bonds. The Kier molecular flexibility index (Phi) is 4.93. The zero-order chi connectivity index (χ0) is 15.1. The molecule has 0 radical (unpaired) electrons. The van der Waals surface area contributed by atoms with Crippen molar-refractivity contribution in [3.05, 3.63) is 66.0 Å². The molecule has 108 valence electrons. The fourth-order valence-corrected chi connectivity index (χ4v) is 1.80. The van der Waals surface area contributed by atoms with Crippen molar-refractivity contribution in [2.75, 3.05) is 0 Å². The number of aliphatic carboxylic acids is 1. The fraction of sp³-hybridized carbons (Fsp3) is 0.125. The highest BCUT2D eigenvalue weighted by Gasteiger charge is 2.06. The maximum absolute atomic E-state index is 11.8. The molecule has 0 aliphatic rings. The molecule has 0 unspecified atom stereocenters. The zero-order valence-corrected chi connectivity index (χ0v) is 11.3. The minimum atomic E-state index is -1.03. The lowest BCUT2D eigenvalue weighted by Gasteiger charge is -2.07. The number of hydrogen-bond acceptors (Lipinski definition) is 3. The summed E-state index contributed by atoms with van der Waals surface area (Å²) < 4.78 is 6.81. The van der Waals surface area contributed by atoms with Crippen LogP contribution in [0, 0.1) is 0 Å². The first-order valence-electron chi connectivity index (χ1n) is 6.41. The number of hydrogen-bond donors (Lipinski definition) is 1. The van der Waals surface area contributed by atoms with Gasteiger partial charge in [-0.1, -0.05) is 30.3 Å². The van der Waals surface area contributed by atoms with Crippen molar-refractivity contribution >= 4 is 18.0 Å². The van der Waals surface area contributed by atoms with E-state index in [0.717, 1.165) is 11.6 Å². The summed E-state index contributed by atoms with van der Waals surface area (Å²) in [6, 6.07) is 12.9. The van der Waals surface area contributed by atoms with E-state index in [1.165, 1.54) is 6.08 Å².